The molecule has 2 aromatic carbocycles. The van der Waals surface area contributed by atoms with Crippen LogP contribution in [0.2, 0.25) is 0 Å². The van der Waals surface area contributed by atoms with E-state index in [0.29, 0.717) is 36.7 Å². The maximum absolute atomic E-state index is 12.4. The summed E-state index contributed by atoms with van der Waals surface area (Å²) in [7, 11) is 0. The number of hydrogen-bond acceptors (Lipinski definition) is 4. The smallest absolute Gasteiger partial charge is 0.265 e. The van der Waals surface area contributed by atoms with Gasteiger partial charge in [-0.05, 0) is 61.6 Å². The van der Waals surface area contributed by atoms with Crippen molar-refractivity contribution in [1.82, 2.24) is 0 Å². The number of anilines is 2. The molecule has 0 fully saturated rings. The fourth-order valence-electron chi connectivity index (χ4n) is 3.37. The molecule has 2 aromatic rings. The van der Waals surface area contributed by atoms with Crippen LogP contribution in [0.3, 0.4) is 0 Å². The summed E-state index contributed by atoms with van der Waals surface area (Å²) in [5.74, 6) is 1.70. The Morgan fingerprint density at radius 1 is 1.20 bits per heavy atom. The Bertz CT molecular complexity index is 895. The van der Waals surface area contributed by atoms with Crippen molar-refractivity contribution in [2.45, 2.75) is 40.0 Å². The summed E-state index contributed by atoms with van der Waals surface area (Å²) in [5, 5.41) is 2.91. The van der Waals surface area contributed by atoms with E-state index in [1.54, 1.807) is 17.0 Å². The first-order chi connectivity index (χ1) is 14.4. The number of fused-ring (bicyclic) bond motifs is 1. The molecule has 0 aliphatic carbocycles. The van der Waals surface area contributed by atoms with Gasteiger partial charge in [0.15, 0.2) is 6.61 Å². The topological polar surface area (TPSA) is 67.9 Å². The van der Waals surface area contributed by atoms with Gasteiger partial charge >= 0.3 is 0 Å². The predicted octanol–water partition coefficient (Wildman–Crippen LogP) is 4.56. The first-order valence-electron chi connectivity index (χ1n) is 10.5. The summed E-state index contributed by atoms with van der Waals surface area (Å²) < 4.78 is 11.3. The molecule has 1 aliphatic heterocycles. The minimum Gasteiger partial charge on any atom is -0.494 e. The molecule has 0 saturated heterocycles. The summed E-state index contributed by atoms with van der Waals surface area (Å²) in [4.78, 5) is 26.3. The Morgan fingerprint density at radius 2 is 2.03 bits per heavy atom. The number of nitrogens with zero attached hydrogens (tertiary/aromatic N) is 1. The Morgan fingerprint density at radius 3 is 2.80 bits per heavy atom. The van der Waals surface area contributed by atoms with Crippen LogP contribution in [0.15, 0.2) is 42.5 Å². The third kappa shape index (κ3) is 5.99. The lowest BCUT2D eigenvalue weighted by atomic mass is 10.1. The van der Waals surface area contributed by atoms with E-state index in [-0.39, 0.29) is 24.3 Å². The Hall–Kier alpha value is -3.02. The molecule has 1 N–H and O–H groups in total. The van der Waals surface area contributed by atoms with E-state index in [1.165, 1.54) is 5.56 Å². The van der Waals surface area contributed by atoms with Crippen LogP contribution in [-0.2, 0) is 9.59 Å². The number of benzene rings is 2. The zero-order chi connectivity index (χ0) is 21.5. The first-order valence-corrected chi connectivity index (χ1v) is 10.5. The van der Waals surface area contributed by atoms with Gasteiger partial charge in [-0.15, -0.1) is 0 Å². The van der Waals surface area contributed by atoms with Gasteiger partial charge in [-0.3, -0.25) is 9.59 Å². The van der Waals surface area contributed by atoms with Crippen LogP contribution in [0.4, 0.5) is 11.4 Å². The predicted molar refractivity (Wildman–Crippen MR) is 118 cm³/mol. The molecule has 0 aromatic heterocycles. The molecule has 0 unspecified atom stereocenters. The largest absolute Gasteiger partial charge is 0.494 e. The van der Waals surface area contributed by atoms with E-state index < -0.39 is 0 Å². The molecule has 6 nitrogen and oxygen atoms in total. The van der Waals surface area contributed by atoms with Gasteiger partial charge < -0.3 is 19.7 Å². The fraction of sp³-hybridized carbons (Fsp3) is 0.417. The van der Waals surface area contributed by atoms with Gasteiger partial charge in [-0.25, -0.2) is 0 Å². The second-order valence-corrected chi connectivity index (χ2v) is 8.03. The van der Waals surface area contributed by atoms with Crippen molar-refractivity contribution in [3.05, 3.63) is 48.0 Å². The molecule has 0 radical (unpaired) electrons. The number of amides is 2. The lowest BCUT2D eigenvalue weighted by Gasteiger charge is -2.30. The molecule has 2 amide bonds. The highest BCUT2D eigenvalue weighted by atomic mass is 16.5. The van der Waals surface area contributed by atoms with Crippen LogP contribution in [-0.4, -0.2) is 31.6 Å². The molecule has 30 heavy (non-hydrogen) atoms. The van der Waals surface area contributed by atoms with Crippen molar-refractivity contribution in [3.63, 3.8) is 0 Å². The number of rotatable bonds is 9. The van der Waals surface area contributed by atoms with Crippen LogP contribution < -0.4 is 19.7 Å². The maximum Gasteiger partial charge on any atom is 0.265 e. The SMILES string of the molecule is Cc1cccc(OCCCCN2C(=O)COc3ccc(NC(=O)CC(C)C)cc32)c1. The van der Waals surface area contributed by atoms with Crippen molar-refractivity contribution < 1.29 is 19.1 Å². The number of aryl methyl sites for hydroxylation is 1. The summed E-state index contributed by atoms with van der Waals surface area (Å²) in [6.45, 7) is 7.25. The lowest BCUT2D eigenvalue weighted by molar-refractivity contribution is -0.121. The number of carbonyl (C=O) groups excluding carboxylic acids is 2. The normalized spacial score (nSPS) is 13.1. The second-order valence-electron chi connectivity index (χ2n) is 8.03. The molecule has 1 heterocycles. The highest BCUT2D eigenvalue weighted by molar-refractivity contribution is 5.99. The summed E-state index contributed by atoms with van der Waals surface area (Å²) in [5.41, 5.74) is 2.54. The lowest BCUT2D eigenvalue weighted by Crippen LogP contribution is -2.39. The second kappa shape index (κ2) is 10.1. The zero-order valence-corrected chi connectivity index (χ0v) is 17.9. The average molecular weight is 411 g/mol. The minimum absolute atomic E-state index is 0.0336. The van der Waals surface area contributed by atoms with E-state index in [1.807, 2.05) is 51.1 Å². The van der Waals surface area contributed by atoms with E-state index >= 15 is 0 Å². The Labute approximate surface area is 178 Å². The van der Waals surface area contributed by atoms with Crippen LogP contribution in [0.5, 0.6) is 11.5 Å². The zero-order valence-electron chi connectivity index (χ0n) is 17.9. The fourth-order valence-corrected chi connectivity index (χ4v) is 3.37. The van der Waals surface area contributed by atoms with Gasteiger partial charge in [0.2, 0.25) is 5.91 Å². The summed E-state index contributed by atoms with van der Waals surface area (Å²) >= 11 is 0. The molecule has 0 spiro atoms. The monoisotopic (exact) mass is 410 g/mol. The van der Waals surface area contributed by atoms with Crippen LogP contribution in [0.1, 0.15) is 38.7 Å². The molecular weight excluding hydrogens is 380 g/mol. The Kier molecular flexibility index (Phi) is 7.33. The van der Waals surface area contributed by atoms with Crippen molar-refractivity contribution in [3.8, 4) is 11.5 Å². The van der Waals surface area contributed by atoms with Crippen molar-refractivity contribution in [2.75, 3.05) is 30.0 Å². The van der Waals surface area contributed by atoms with Gasteiger partial charge in [0.25, 0.3) is 5.91 Å². The molecule has 1 aliphatic rings. The van der Waals surface area contributed by atoms with E-state index in [4.69, 9.17) is 9.47 Å². The molecule has 3 rings (SSSR count). The van der Waals surface area contributed by atoms with Crippen LogP contribution in [0, 0.1) is 12.8 Å². The first kappa shape index (κ1) is 21.7. The molecule has 0 atom stereocenters. The van der Waals surface area contributed by atoms with E-state index in [2.05, 4.69) is 5.32 Å². The van der Waals surface area contributed by atoms with Gasteiger partial charge in [0, 0.05) is 18.7 Å². The highest BCUT2D eigenvalue weighted by Crippen LogP contribution is 2.35. The minimum atomic E-state index is -0.0761. The van der Waals surface area contributed by atoms with Crippen molar-refractivity contribution >= 4 is 23.2 Å². The molecule has 160 valence electrons. The summed E-state index contributed by atoms with van der Waals surface area (Å²) in [6, 6.07) is 13.4. The van der Waals surface area contributed by atoms with Gasteiger partial charge in [-0.1, -0.05) is 26.0 Å². The molecule has 6 heteroatoms. The molecule has 0 saturated carbocycles. The number of carbonyl (C=O) groups is 2. The van der Waals surface area contributed by atoms with Crippen LogP contribution in [0.25, 0.3) is 0 Å². The number of ether oxygens (including phenoxy) is 2. The third-order valence-electron chi connectivity index (χ3n) is 4.81. The quantitative estimate of drug-likeness (QED) is 0.615. The molecule has 0 bridgehead atoms. The van der Waals surface area contributed by atoms with Crippen molar-refractivity contribution in [2.24, 2.45) is 5.92 Å². The molecular formula is C24H30N2O4. The van der Waals surface area contributed by atoms with Crippen LogP contribution >= 0.6 is 0 Å². The van der Waals surface area contributed by atoms with Gasteiger partial charge in [0.1, 0.15) is 11.5 Å². The van der Waals surface area contributed by atoms with Gasteiger partial charge in [-0.2, -0.15) is 0 Å². The highest BCUT2D eigenvalue weighted by Gasteiger charge is 2.25. The third-order valence-corrected chi connectivity index (χ3v) is 4.81. The standard InChI is InChI=1S/C24H30N2O4/c1-17(2)13-23(27)25-19-9-10-22-21(15-19)26(24(28)16-30-22)11-4-5-12-29-20-8-6-7-18(3)14-20/h6-10,14-15,17H,4-5,11-13,16H2,1-3H3,(H,25,27). The van der Waals surface area contributed by atoms with E-state index in [0.717, 1.165) is 18.6 Å². The van der Waals surface area contributed by atoms with Gasteiger partial charge in [0.05, 0.1) is 12.3 Å². The Balaban J connectivity index is 1.57. The summed E-state index contributed by atoms with van der Waals surface area (Å²) in [6.07, 6.45) is 2.09. The number of hydrogen-bond donors (Lipinski definition) is 1. The maximum atomic E-state index is 12.4. The van der Waals surface area contributed by atoms with E-state index in [9.17, 15) is 9.59 Å². The average Bonchev–Trinajstić information content (AvgIpc) is 2.68. The number of nitrogens with one attached hydrogen (secondary N) is 1. The van der Waals surface area contributed by atoms with Crippen molar-refractivity contribution in [1.29, 1.82) is 0 Å². The number of unbranched alkanes of at least 4 members (excludes halogenated alkanes) is 1.